The van der Waals surface area contributed by atoms with Gasteiger partial charge in [0, 0.05) is 19.4 Å². The zero-order chi connectivity index (χ0) is 13.0. The van der Waals surface area contributed by atoms with Crippen LogP contribution >= 0.6 is 0 Å². The first kappa shape index (κ1) is 12.1. The quantitative estimate of drug-likeness (QED) is 0.821. The Morgan fingerprint density at radius 3 is 3.06 bits per heavy atom. The van der Waals surface area contributed by atoms with Crippen LogP contribution in [-0.2, 0) is 18.3 Å². The Morgan fingerprint density at radius 2 is 2.39 bits per heavy atom. The standard InChI is InChI=1S/C12H14N4O2/c1-16-8-9(6-15-16)14-7-11-10(12(17)18-2)4-3-5-13-11/h3-6,8,14H,7H2,1-2H3. The van der Waals surface area contributed by atoms with Crippen LogP contribution in [0.15, 0.2) is 30.7 Å². The molecule has 2 aromatic heterocycles. The SMILES string of the molecule is COC(=O)c1cccnc1CNc1cnn(C)c1. The van der Waals surface area contributed by atoms with Crippen LogP contribution in [0, 0.1) is 0 Å². The molecule has 0 amide bonds. The summed E-state index contributed by atoms with van der Waals surface area (Å²) in [5, 5.41) is 7.19. The van der Waals surface area contributed by atoms with E-state index in [9.17, 15) is 4.79 Å². The molecule has 0 aliphatic carbocycles. The first-order valence-corrected chi connectivity index (χ1v) is 5.45. The van der Waals surface area contributed by atoms with E-state index < -0.39 is 0 Å². The fourth-order valence-corrected chi connectivity index (χ4v) is 1.57. The molecule has 94 valence electrons. The van der Waals surface area contributed by atoms with Crippen LogP contribution < -0.4 is 5.32 Å². The lowest BCUT2D eigenvalue weighted by Gasteiger charge is -2.07. The van der Waals surface area contributed by atoms with E-state index in [2.05, 4.69) is 15.4 Å². The largest absolute Gasteiger partial charge is 0.465 e. The van der Waals surface area contributed by atoms with Gasteiger partial charge in [0.05, 0.1) is 36.8 Å². The van der Waals surface area contributed by atoms with Crippen LogP contribution in [0.4, 0.5) is 5.69 Å². The minimum absolute atomic E-state index is 0.383. The number of pyridine rings is 1. The molecule has 0 aliphatic rings. The number of ether oxygens (including phenoxy) is 1. The molecule has 0 spiro atoms. The third-order valence-electron chi connectivity index (χ3n) is 2.46. The van der Waals surface area contributed by atoms with Crippen molar-refractivity contribution in [2.75, 3.05) is 12.4 Å². The molecule has 6 nitrogen and oxygen atoms in total. The zero-order valence-electron chi connectivity index (χ0n) is 10.3. The number of carbonyl (C=O) groups is 1. The fourth-order valence-electron chi connectivity index (χ4n) is 1.57. The first-order valence-electron chi connectivity index (χ1n) is 5.45. The molecule has 0 radical (unpaired) electrons. The van der Waals surface area contributed by atoms with E-state index in [0.717, 1.165) is 5.69 Å². The van der Waals surface area contributed by atoms with Crippen LogP contribution in [0.1, 0.15) is 16.1 Å². The Morgan fingerprint density at radius 1 is 1.56 bits per heavy atom. The molecular weight excluding hydrogens is 232 g/mol. The molecule has 0 saturated carbocycles. The van der Waals surface area contributed by atoms with E-state index in [4.69, 9.17) is 4.74 Å². The van der Waals surface area contributed by atoms with Crippen molar-refractivity contribution in [3.8, 4) is 0 Å². The van der Waals surface area contributed by atoms with Gasteiger partial charge in [-0.25, -0.2) is 4.79 Å². The smallest absolute Gasteiger partial charge is 0.339 e. The van der Waals surface area contributed by atoms with Crippen molar-refractivity contribution in [2.45, 2.75) is 6.54 Å². The molecule has 2 aromatic rings. The van der Waals surface area contributed by atoms with Gasteiger partial charge in [-0.1, -0.05) is 0 Å². The maximum atomic E-state index is 11.5. The minimum atomic E-state index is -0.383. The summed E-state index contributed by atoms with van der Waals surface area (Å²) in [4.78, 5) is 15.7. The van der Waals surface area contributed by atoms with Crippen LogP contribution in [0.2, 0.25) is 0 Å². The average molecular weight is 246 g/mol. The topological polar surface area (TPSA) is 69.0 Å². The van der Waals surface area contributed by atoms with E-state index >= 15 is 0 Å². The van der Waals surface area contributed by atoms with Crippen molar-refractivity contribution in [3.05, 3.63) is 42.0 Å². The third-order valence-corrected chi connectivity index (χ3v) is 2.46. The molecule has 0 aromatic carbocycles. The number of aromatic nitrogens is 3. The van der Waals surface area contributed by atoms with Crippen molar-refractivity contribution in [1.29, 1.82) is 0 Å². The number of hydrogen-bond acceptors (Lipinski definition) is 5. The van der Waals surface area contributed by atoms with Crippen molar-refractivity contribution in [2.24, 2.45) is 7.05 Å². The van der Waals surface area contributed by atoms with Crippen LogP contribution in [0.25, 0.3) is 0 Å². The van der Waals surface area contributed by atoms with Gasteiger partial charge in [0.25, 0.3) is 0 Å². The predicted molar refractivity (Wildman–Crippen MR) is 66.1 cm³/mol. The van der Waals surface area contributed by atoms with Gasteiger partial charge in [0.1, 0.15) is 0 Å². The number of aryl methyl sites for hydroxylation is 1. The zero-order valence-corrected chi connectivity index (χ0v) is 10.3. The van der Waals surface area contributed by atoms with Gasteiger partial charge < -0.3 is 10.1 Å². The van der Waals surface area contributed by atoms with Gasteiger partial charge in [-0.2, -0.15) is 5.10 Å². The number of nitrogens with one attached hydrogen (secondary N) is 1. The second-order valence-corrected chi connectivity index (χ2v) is 3.75. The first-order chi connectivity index (χ1) is 8.70. The summed E-state index contributed by atoms with van der Waals surface area (Å²) in [6, 6.07) is 3.40. The van der Waals surface area contributed by atoms with Gasteiger partial charge >= 0.3 is 5.97 Å². The van der Waals surface area contributed by atoms with Crippen LogP contribution in [0.5, 0.6) is 0 Å². The highest BCUT2D eigenvalue weighted by Gasteiger charge is 2.11. The number of methoxy groups -OCH3 is 1. The summed E-state index contributed by atoms with van der Waals surface area (Å²) in [7, 11) is 3.19. The molecule has 0 saturated heterocycles. The number of anilines is 1. The van der Waals surface area contributed by atoms with Crippen molar-refractivity contribution < 1.29 is 9.53 Å². The average Bonchev–Trinajstić information content (AvgIpc) is 2.81. The Kier molecular flexibility index (Phi) is 3.57. The van der Waals surface area contributed by atoms with E-state index in [0.29, 0.717) is 17.8 Å². The Labute approximate surface area is 105 Å². The number of hydrogen-bond donors (Lipinski definition) is 1. The lowest BCUT2D eigenvalue weighted by molar-refractivity contribution is 0.0599. The normalized spacial score (nSPS) is 10.1. The molecule has 0 unspecified atom stereocenters. The maximum Gasteiger partial charge on any atom is 0.339 e. The van der Waals surface area contributed by atoms with Crippen LogP contribution in [-0.4, -0.2) is 27.8 Å². The summed E-state index contributed by atoms with van der Waals surface area (Å²) in [6.45, 7) is 0.441. The fraction of sp³-hybridized carbons (Fsp3) is 0.250. The summed E-state index contributed by atoms with van der Waals surface area (Å²) < 4.78 is 6.41. The van der Waals surface area contributed by atoms with E-state index in [1.165, 1.54) is 7.11 Å². The van der Waals surface area contributed by atoms with Crippen molar-refractivity contribution in [1.82, 2.24) is 14.8 Å². The highest BCUT2D eigenvalue weighted by Crippen LogP contribution is 2.10. The molecular formula is C12H14N4O2. The third kappa shape index (κ3) is 2.65. The second kappa shape index (κ2) is 5.31. The molecule has 2 heterocycles. The highest BCUT2D eigenvalue weighted by atomic mass is 16.5. The van der Waals surface area contributed by atoms with Crippen molar-refractivity contribution >= 4 is 11.7 Å². The Bertz CT molecular complexity index is 551. The highest BCUT2D eigenvalue weighted by molar-refractivity contribution is 5.90. The number of esters is 1. The maximum absolute atomic E-state index is 11.5. The lowest BCUT2D eigenvalue weighted by atomic mass is 10.2. The summed E-state index contributed by atoms with van der Waals surface area (Å²) in [6.07, 6.45) is 5.20. The van der Waals surface area contributed by atoms with Gasteiger partial charge in [-0.15, -0.1) is 0 Å². The Balaban J connectivity index is 2.11. The van der Waals surface area contributed by atoms with Gasteiger partial charge in [-0.3, -0.25) is 9.67 Å². The van der Waals surface area contributed by atoms with Gasteiger partial charge in [0.2, 0.25) is 0 Å². The monoisotopic (exact) mass is 246 g/mol. The molecule has 0 bridgehead atoms. The number of rotatable bonds is 4. The summed E-state index contributed by atoms with van der Waals surface area (Å²) >= 11 is 0. The number of nitrogens with zero attached hydrogens (tertiary/aromatic N) is 3. The lowest BCUT2D eigenvalue weighted by Crippen LogP contribution is -2.10. The van der Waals surface area contributed by atoms with E-state index in [1.54, 1.807) is 29.2 Å². The second-order valence-electron chi connectivity index (χ2n) is 3.75. The molecule has 0 aliphatic heterocycles. The molecule has 6 heteroatoms. The Hall–Kier alpha value is -2.37. The van der Waals surface area contributed by atoms with Gasteiger partial charge in [-0.05, 0) is 12.1 Å². The molecule has 2 rings (SSSR count). The van der Waals surface area contributed by atoms with E-state index in [1.807, 2.05) is 13.2 Å². The molecule has 18 heavy (non-hydrogen) atoms. The van der Waals surface area contributed by atoms with Crippen LogP contribution in [0.3, 0.4) is 0 Å². The summed E-state index contributed by atoms with van der Waals surface area (Å²) in [5.74, 6) is -0.383. The van der Waals surface area contributed by atoms with E-state index in [-0.39, 0.29) is 5.97 Å². The molecule has 1 N–H and O–H groups in total. The predicted octanol–water partition coefficient (Wildman–Crippen LogP) is 1.21. The van der Waals surface area contributed by atoms with Crippen molar-refractivity contribution in [3.63, 3.8) is 0 Å². The van der Waals surface area contributed by atoms with Gasteiger partial charge in [0.15, 0.2) is 0 Å². The molecule has 0 atom stereocenters. The summed E-state index contributed by atoms with van der Waals surface area (Å²) in [5.41, 5.74) is 1.99. The molecule has 0 fully saturated rings. The minimum Gasteiger partial charge on any atom is -0.465 e. The number of carbonyl (C=O) groups excluding carboxylic acids is 1.